The molecule has 0 spiro atoms. The number of hydrogen-bond acceptors (Lipinski definition) is 5. The zero-order valence-corrected chi connectivity index (χ0v) is 16.3. The van der Waals surface area contributed by atoms with Gasteiger partial charge < -0.3 is 13.8 Å². The molecule has 0 atom stereocenters. The molecule has 1 heterocycles. The van der Waals surface area contributed by atoms with Gasteiger partial charge in [0, 0.05) is 19.5 Å². The first-order valence-corrected chi connectivity index (χ1v) is 9.29. The monoisotopic (exact) mass is 481 g/mol. The van der Waals surface area contributed by atoms with Crippen LogP contribution in [0.2, 0.25) is 0 Å². The molecule has 1 amide bonds. The first-order chi connectivity index (χ1) is 13.1. The van der Waals surface area contributed by atoms with E-state index in [4.69, 9.17) is 4.74 Å². The van der Waals surface area contributed by atoms with E-state index >= 15 is 0 Å². The number of nitrogens with zero attached hydrogens (tertiary/aromatic N) is 1. The molecule has 0 fully saturated rings. The van der Waals surface area contributed by atoms with Crippen LogP contribution in [-0.4, -0.2) is 61.4 Å². The maximum atomic E-state index is 13.6. The fraction of sp³-hybridized carbons (Fsp3) is 0.786. The molecule has 176 valence electrons. The van der Waals surface area contributed by atoms with Gasteiger partial charge in [-0.1, -0.05) is 0 Å². The standard InChI is InChI=1S/C14H16F9NO5S/c1-10(2,3)28-9(25)24-6-4-8(5-7-24)29-30(26,27)14(22,23)12(17,18)11(15,16)13(19,20)21/h4H,5-7H2,1-3H3. The molecule has 0 saturated carbocycles. The number of amides is 1. The molecule has 1 rings (SSSR count). The highest BCUT2D eigenvalue weighted by Gasteiger charge is 2.86. The van der Waals surface area contributed by atoms with Crippen molar-refractivity contribution < 1.29 is 61.6 Å². The van der Waals surface area contributed by atoms with Gasteiger partial charge in [-0.05, 0) is 26.8 Å². The normalized spacial score (nSPS) is 17.5. The molecular formula is C14H16F9NO5S. The molecule has 0 aromatic carbocycles. The maximum absolute atomic E-state index is 13.6. The quantitative estimate of drug-likeness (QED) is 0.433. The highest BCUT2D eigenvalue weighted by atomic mass is 32.2. The van der Waals surface area contributed by atoms with E-state index in [1.807, 2.05) is 0 Å². The number of carbonyl (C=O) groups excluding carboxylic acids is 1. The average Bonchev–Trinajstić information content (AvgIpc) is 2.51. The van der Waals surface area contributed by atoms with Crippen LogP contribution in [0, 0.1) is 0 Å². The average molecular weight is 481 g/mol. The van der Waals surface area contributed by atoms with Crippen LogP contribution in [0.3, 0.4) is 0 Å². The zero-order valence-electron chi connectivity index (χ0n) is 15.5. The molecule has 0 saturated heterocycles. The first-order valence-electron chi connectivity index (χ1n) is 7.88. The van der Waals surface area contributed by atoms with Crippen molar-refractivity contribution in [2.75, 3.05) is 13.1 Å². The predicted molar refractivity (Wildman–Crippen MR) is 81.4 cm³/mol. The van der Waals surface area contributed by atoms with E-state index in [-0.39, 0.29) is 0 Å². The lowest BCUT2D eigenvalue weighted by Gasteiger charge is -2.33. The second-order valence-corrected chi connectivity index (χ2v) is 8.64. The van der Waals surface area contributed by atoms with Crippen LogP contribution >= 0.6 is 0 Å². The van der Waals surface area contributed by atoms with Gasteiger partial charge in [0.2, 0.25) is 0 Å². The molecule has 30 heavy (non-hydrogen) atoms. The molecule has 0 bridgehead atoms. The number of alkyl halides is 9. The molecule has 0 aromatic rings. The van der Waals surface area contributed by atoms with Crippen molar-refractivity contribution >= 4 is 16.2 Å². The molecule has 6 nitrogen and oxygen atoms in total. The lowest BCUT2D eigenvalue weighted by atomic mass is 10.1. The Kier molecular flexibility index (Phi) is 6.69. The fourth-order valence-corrected chi connectivity index (χ4v) is 2.91. The Hall–Kier alpha value is -1.87. The van der Waals surface area contributed by atoms with Gasteiger partial charge in [-0.15, -0.1) is 0 Å². The van der Waals surface area contributed by atoms with Gasteiger partial charge in [0.1, 0.15) is 11.4 Å². The van der Waals surface area contributed by atoms with Crippen LogP contribution in [0.1, 0.15) is 27.2 Å². The second-order valence-electron chi connectivity index (χ2n) is 7.05. The molecule has 1 aliphatic rings. The highest BCUT2D eigenvalue weighted by molar-refractivity contribution is 7.88. The van der Waals surface area contributed by atoms with Crippen LogP contribution in [0.4, 0.5) is 44.3 Å². The third-order valence-corrected chi connectivity index (χ3v) is 4.78. The highest BCUT2D eigenvalue weighted by Crippen LogP contribution is 2.55. The smallest absolute Gasteiger partial charge is 0.444 e. The Balaban J connectivity index is 3.05. The van der Waals surface area contributed by atoms with Gasteiger partial charge in [0.05, 0.1) is 0 Å². The number of ether oxygens (including phenoxy) is 1. The Labute approximate surface area is 164 Å². The van der Waals surface area contributed by atoms with E-state index in [0.29, 0.717) is 6.08 Å². The minimum Gasteiger partial charge on any atom is -0.444 e. The molecule has 0 radical (unpaired) electrons. The number of hydrogen-bond donors (Lipinski definition) is 0. The van der Waals surface area contributed by atoms with Gasteiger partial charge in [0.15, 0.2) is 0 Å². The SMILES string of the molecule is CC(C)(C)OC(=O)N1CC=C(OS(=O)(=O)C(F)(F)C(F)(F)C(F)(F)C(F)(F)F)CC1. The van der Waals surface area contributed by atoms with Crippen molar-refractivity contribution in [1.82, 2.24) is 4.90 Å². The summed E-state index contributed by atoms with van der Waals surface area (Å²) in [6, 6.07) is 0. The molecule has 0 aliphatic carbocycles. The second kappa shape index (κ2) is 7.67. The largest absolute Gasteiger partial charge is 0.460 e. The van der Waals surface area contributed by atoms with Gasteiger partial charge in [0.25, 0.3) is 0 Å². The van der Waals surface area contributed by atoms with E-state index in [2.05, 4.69) is 4.18 Å². The lowest BCUT2D eigenvalue weighted by Crippen LogP contribution is -2.63. The summed E-state index contributed by atoms with van der Waals surface area (Å²) in [5.74, 6) is -15.7. The van der Waals surface area contributed by atoms with E-state index in [9.17, 15) is 52.7 Å². The van der Waals surface area contributed by atoms with Crippen molar-refractivity contribution in [2.45, 2.75) is 56.1 Å². The third kappa shape index (κ3) is 4.88. The van der Waals surface area contributed by atoms with Crippen LogP contribution in [-0.2, 0) is 19.0 Å². The van der Waals surface area contributed by atoms with E-state index in [1.165, 1.54) is 20.8 Å². The van der Waals surface area contributed by atoms with Gasteiger partial charge in [-0.2, -0.15) is 47.9 Å². The summed E-state index contributed by atoms with van der Waals surface area (Å²) in [6.45, 7) is 3.65. The molecule has 0 N–H and O–H groups in total. The van der Waals surface area contributed by atoms with E-state index in [0.717, 1.165) is 4.90 Å². The summed E-state index contributed by atoms with van der Waals surface area (Å²) < 4.78 is 147. The van der Waals surface area contributed by atoms with E-state index in [1.54, 1.807) is 0 Å². The summed E-state index contributed by atoms with van der Waals surface area (Å²) in [4.78, 5) is 12.7. The lowest BCUT2D eigenvalue weighted by molar-refractivity contribution is -0.382. The topological polar surface area (TPSA) is 72.9 Å². The Morgan fingerprint density at radius 3 is 1.83 bits per heavy atom. The van der Waals surface area contributed by atoms with Gasteiger partial charge in [-0.3, -0.25) is 0 Å². The third-order valence-electron chi connectivity index (χ3n) is 3.47. The van der Waals surface area contributed by atoms with Crippen LogP contribution in [0.25, 0.3) is 0 Å². The molecular weight excluding hydrogens is 465 g/mol. The number of rotatable bonds is 5. The van der Waals surface area contributed by atoms with Gasteiger partial charge >= 0.3 is 39.5 Å². The molecule has 0 aromatic heterocycles. The molecule has 0 unspecified atom stereocenters. The van der Waals surface area contributed by atoms with Crippen molar-refractivity contribution in [3.8, 4) is 0 Å². The summed E-state index contributed by atoms with van der Waals surface area (Å²) in [6.07, 6.45) is -8.06. The predicted octanol–water partition coefficient (Wildman–Crippen LogP) is 4.28. The van der Waals surface area contributed by atoms with Crippen molar-refractivity contribution in [3.05, 3.63) is 11.8 Å². The maximum Gasteiger partial charge on any atom is 0.460 e. The van der Waals surface area contributed by atoms with E-state index < -0.39 is 70.4 Å². The summed E-state index contributed by atoms with van der Waals surface area (Å²) in [5.41, 5.74) is -0.918. The van der Waals surface area contributed by atoms with Crippen LogP contribution in [0.5, 0.6) is 0 Å². The van der Waals surface area contributed by atoms with Crippen molar-refractivity contribution in [1.29, 1.82) is 0 Å². The Morgan fingerprint density at radius 1 is 0.967 bits per heavy atom. The Bertz CT molecular complexity index is 800. The zero-order chi connectivity index (χ0) is 24.0. The number of halogens is 9. The molecule has 1 aliphatic heterocycles. The fourth-order valence-electron chi connectivity index (χ4n) is 1.93. The summed E-state index contributed by atoms with van der Waals surface area (Å²) in [5, 5.41) is -6.94. The van der Waals surface area contributed by atoms with Crippen molar-refractivity contribution in [2.24, 2.45) is 0 Å². The van der Waals surface area contributed by atoms with Crippen molar-refractivity contribution in [3.63, 3.8) is 0 Å². The summed E-state index contributed by atoms with van der Waals surface area (Å²) in [7, 11) is -6.99. The minimum absolute atomic E-state index is 0.406. The molecule has 16 heteroatoms. The van der Waals surface area contributed by atoms with Gasteiger partial charge in [-0.25, -0.2) is 4.79 Å². The first kappa shape index (κ1) is 26.2. The van der Waals surface area contributed by atoms with Crippen LogP contribution < -0.4 is 0 Å². The summed E-state index contributed by atoms with van der Waals surface area (Å²) >= 11 is 0. The van der Waals surface area contributed by atoms with Crippen LogP contribution in [0.15, 0.2) is 11.8 Å². The number of carbonyl (C=O) groups is 1. The Morgan fingerprint density at radius 2 is 1.47 bits per heavy atom. The minimum atomic E-state index is -7.38.